The van der Waals surface area contributed by atoms with Gasteiger partial charge in [-0.15, -0.1) is 0 Å². The van der Waals surface area contributed by atoms with Crippen molar-refractivity contribution >= 4 is 33.4 Å². The lowest BCUT2D eigenvalue weighted by atomic mass is 10.0. The summed E-state index contributed by atoms with van der Waals surface area (Å²) < 4.78 is 0. The van der Waals surface area contributed by atoms with Gasteiger partial charge in [0.15, 0.2) is 5.78 Å². The lowest BCUT2D eigenvalue weighted by molar-refractivity contribution is 0.104. The summed E-state index contributed by atoms with van der Waals surface area (Å²) >= 11 is 0. The third kappa shape index (κ3) is 2.90. The molecule has 0 aliphatic heterocycles. The zero-order valence-electron chi connectivity index (χ0n) is 13.5. The second-order valence-corrected chi connectivity index (χ2v) is 5.98. The summed E-state index contributed by atoms with van der Waals surface area (Å²) in [5.74, 6) is 0.0827. The Morgan fingerprint density at radius 1 is 0.760 bits per heavy atom. The minimum atomic E-state index is -0.0851. The van der Waals surface area contributed by atoms with E-state index in [-0.39, 0.29) is 11.5 Å². The first-order valence-corrected chi connectivity index (χ1v) is 8.14. The summed E-state index contributed by atoms with van der Waals surface area (Å²) in [6.45, 7) is 0. The SMILES string of the molecule is O=C(/C=C/c1c(O)ccc2ccccc12)c1ccc2ccccc2c1. The van der Waals surface area contributed by atoms with Crippen molar-refractivity contribution in [1.82, 2.24) is 0 Å². The Bertz CT molecular complexity index is 1120. The lowest BCUT2D eigenvalue weighted by Gasteiger charge is -2.05. The van der Waals surface area contributed by atoms with E-state index >= 15 is 0 Å². The van der Waals surface area contributed by atoms with E-state index < -0.39 is 0 Å². The Morgan fingerprint density at radius 2 is 1.44 bits per heavy atom. The molecule has 4 aromatic carbocycles. The van der Waals surface area contributed by atoms with Gasteiger partial charge in [0.05, 0.1) is 0 Å². The fourth-order valence-corrected chi connectivity index (χ4v) is 3.06. The first kappa shape index (κ1) is 15.2. The van der Waals surface area contributed by atoms with Crippen molar-refractivity contribution in [1.29, 1.82) is 0 Å². The average molecular weight is 324 g/mol. The van der Waals surface area contributed by atoms with E-state index in [9.17, 15) is 9.90 Å². The van der Waals surface area contributed by atoms with Crippen LogP contribution in [0, 0.1) is 0 Å². The number of hydrogen-bond donors (Lipinski definition) is 1. The number of rotatable bonds is 3. The molecule has 0 aromatic heterocycles. The van der Waals surface area contributed by atoms with Crippen molar-refractivity contribution in [3.63, 3.8) is 0 Å². The molecule has 0 unspecified atom stereocenters. The summed E-state index contributed by atoms with van der Waals surface area (Å²) in [5, 5.41) is 14.3. The standard InChI is InChI=1S/C23H16O2/c24-22(19-10-9-16-5-1-2-7-18(16)15-19)14-12-21-20-8-4-3-6-17(20)11-13-23(21)25/h1-15,25H/b14-12+. The number of phenols is 1. The minimum Gasteiger partial charge on any atom is -0.507 e. The third-order valence-corrected chi connectivity index (χ3v) is 4.38. The van der Waals surface area contributed by atoms with Crippen LogP contribution in [0.4, 0.5) is 0 Å². The molecule has 0 saturated carbocycles. The maximum absolute atomic E-state index is 12.5. The number of carbonyl (C=O) groups excluding carboxylic acids is 1. The molecular formula is C23H16O2. The second-order valence-electron chi connectivity index (χ2n) is 5.98. The molecule has 2 nitrogen and oxygen atoms in total. The molecule has 120 valence electrons. The predicted molar refractivity (Wildman–Crippen MR) is 103 cm³/mol. The fourth-order valence-electron chi connectivity index (χ4n) is 3.06. The van der Waals surface area contributed by atoms with Crippen molar-refractivity contribution in [2.45, 2.75) is 0 Å². The highest BCUT2D eigenvalue weighted by Crippen LogP contribution is 2.28. The van der Waals surface area contributed by atoms with Crippen molar-refractivity contribution in [3.8, 4) is 5.75 Å². The van der Waals surface area contributed by atoms with Gasteiger partial charge in [0, 0.05) is 11.1 Å². The molecule has 1 N–H and O–H groups in total. The van der Waals surface area contributed by atoms with Gasteiger partial charge in [-0.1, -0.05) is 66.7 Å². The molecular weight excluding hydrogens is 308 g/mol. The van der Waals surface area contributed by atoms with Gasteiger partial charge in [-0.2, -0.15) is 0 Å². The van der Waals surface area contributed by atoms with Gasteiger partial charge < -0.3 is 5.11 Å². The smallest absolute Gasteiger partial charge is 0.185 e. The summed E-state index contributed by atoms with van der Waals surface area (Å²) in [5.41, 5.74) is 1.29. The van der Waals surface area contributed by atoms with Gasteiger partial charge in [-0.25, -0.2) is 0 Å². The molecule has 0 fully saturated rings. The average Bonchev–Trinajstić information content (AvgIpc) is 2.66. The van der Waals surface area contributed by atoms with Gasteiger partial charge in [-0.05, 0) is 45.8 Å². The number of benzene rings is 4. The Kier molecular flexibility index (Phi) is 3.79. The largest absolute Gasteiger partial charge is 0.507 e. The highest BCUT2D eigenvalue weighted by atomic mass is 16.3. The molecule has 0 aliphatic carbocycles. The molecule has 4 rings (SSSR count). The highest BCUT2D eigenvalue weighted by molar-refractivity contribution is 6.09. The first-order chi connectivity index (χ1) is 12.2. The maximum Gasteiger partial charge on any atom is 0.185 e. The zero-order chi connectivity index (χ0) is 17.2. The Labute approximate surface area is 145 Å². The van der Waals surface area contributed by atoms with Gasteiger partial charge in [0.2, 0.25) is 0 Å². The number of aromatic hydroxyl groups is 1. The van der Waals surface area contributed by atoms with Crippen molar-refractivity contribution in [2.24, 2.45) is 0 Å². The number of carbonyl (C=O) groups is 1. The quantitative estimate of drug-likeness (QED) is 0.394. The number of allylic oxidation sites excluding steroid dienone is 1. The molecule has 0 amide bonds. The van der Waals surface area contributed by atoms with Gasteiger partial charge in [-0.3, -0.25) is 4.79 Å². The number of hydrogen-bond acceptors (Lipinski definition) is 2. The molecule has 0 spiro atoms. The van der Waals surface area contributed by atoms with Crippen LogP contribution in [-0.4, -0.2) is 10.9 Å². The Morgan fingerprint density at radius 3 is 2.28 bits per heavy atom. The topological polar surface area (TPSA) is 37.3 Å². The van der Waals surface area contributed by atoms with Crippen molar-refractivity contribution in [2.75, 3.05) is 0 Å². The molecule has 0 atom stereocenters. The van der Waals surface area contributed by atoms with Crippen molar-refractivity contribution < 1.29 is 9.90 Å². The van der Waals surface area contributed by atoms with Crippen LogP contribution in [0.5, 0.6) is 5.75 Å². The second kappa shape index (κ2) is 6.25. The molecule has 2 heteroatoms. The normalized spacial score (nSPS) is 11.4. The predicted octanol–water partition coefficient (Wildman–Crippen LogP) is 5.59. The van der Waals surface area contributed by atoms with Crippen molar-refractivity contribution in [3.05, 3.63) is 96.1 Å². The van der Waals surface area contributed by atoms with E-state index in [0.29, 0.717) is 11.1 Å². The van der Waals surface area contributed by atoms with Gasteiger partial charge >= 0.3 is 0 Å². The van der Waals surface area contributed by atoms with Crippen LogP contribution >= 0.6 is 0 Å². The van der Waals surface area contributed by atoms with Crippen LogP contribution in [0.15, 0.2) is 84.9 Å². The molecule has 0 saturated heterocycles. The highest BCUT2D eigenvalue weighted by Gasteiger charge is 2.06. The summed E-state index contributed by atoms with van der Waals surface area (Å²) in [6.07, 6.45) is 3.21. The van der Waals surface area contributed by atoms with Crippen LogP contribution in [-0.2, 0) is 0 Å². The van der Waals surface area contributed by atoms with Crippen LogP contribution in [0.25, 0.3) is 27.6 Å². The van der Waals surface area contributed by atoms with Crippen LogP contribution < -0.4 is 0 Å². The molecule has 0 radical (unpaired) electrons. The number of fused-ring (bicyclic) bond motifs is 2. The third-order valence-electron chi connectivity index (χ3n) is 4.38. The summed E-state index contributed by atoms with van der Waals surface area (Å²) in [7, 11) is 0. The van der Waals surface area contributed by atoms with E-state index in [1.54, 1.807) is 12.1 Å². The zero-order valence-corrected chi connectivity index (χ0v) is 13.5. The molecule has 0 bridgehead atoms. The van der Waals surface area contributed by atoms with E-state index in [1.165, 1.54) is 6.08 Å². The summed E-state index contributed by atoms with van der Waals surface area (Å²) in [4.78, 5) is 12.5. The van der Waals surface area contributed by atoms with Crippen LogP contribution in [0.1, 0.15) is 15.9 Å². The Hall–Kier alpha value is -3.39. The van der Waals surface area contributed by atoms with Crippen LogP contribution in [0.2, 0.25) is 0 Å². The van der Waals surface area contributed by atoms with Gasteiger partial charge in [0.25, 0.3) is 0 Å². The van der Waals surface area contributed by atoms with Gasteiger partial charge in [0.1, 0.15) is 5.75 Å². The van der Waals surface area contributed by atoms with E-state index in [4.69, 9.17) is 0 Å². The van der Waals surface area contributed by atoms with E-state index in [2.05, 4.69) is 0 Å². The molecule has 25 heavy (non-hydrogen) atoms. The molecule has 0 heterocycles. The maximum atomic E-state index is 12.5. The number of ketones is 1. The molecule has 0 aliphatic rings. The van der Waals surface area contributed by atoms with Crippen LogP contribution in [0.3, 0.4) is 0 Å². The monoisotopic (exact) mass is 324 g/mol. The minimum absolute atomic E-state index is 0.0851. The molecule has 4 aromatic rings. The summed E-state index contributed by atoms with van der Waals surface area (Å²) in [6, 6.07) is 24.9. The Balaban J connectivity index is 1.71. The lowest BCUT2D eigenvalue weighted by Crippen LogP contribution is -1.94. The van der Waals surface area contributed by atoms with E-state index in [1.807, 2.05) is 72.8 Å². The van der Waals surface area contributed by atoms with E-state index in [0.717, 1.165) is 21.5 Å². The first-order valence-electron chi connectivity index (χ1n) is 8.14. The number of phenolic OH excluding ortho intramolecular Hbond substituents is 1. The fraction of sp³-hybridized carbons (Fsp3) is 0.